The topological polar surface area (TPSA) is 255 Å². The Hall–Kier alpha value is -5.99. The van der Waals surface area contributed by atoms with Crippen molar-refractivity contribution in [2.24, 2.45) is 10.7 Å². The number of nitrogens with two attached hydrogens (primary N) is 1. The fraction of sp³-hybridized carbons (Fsp3) is 0.413. The molecule has 0 radical (unpaired) electrons. The van der Waals surface area contributed by atoms with E-state index in [-0.39, 0.29) is 37.7 Å². The molecule has 10 rings (SSSR count). The number of allylic oxidation sites excluding steroid dienone is 1. The second-order valence-corrected chi connectivity index (χ2v) is 17.1. The number of carboxylic acids is 1. The quantitative estimate of drug-likeness (QED) is 0.0946. The molecule has 0 aromatic heterocycles. The first-order valence-corrected chi connectivity index (χ1v) is 21.3. The number of carbonyl (C=O) groups is 2. The summed E-state index contributed by atoms with van der Waals surface area (Å²) < 4.78 is 44.7. The van der Waals surface area contributed by atoms with Crippen LogP contribution in [0.15, 0.2) is 89.3 Å². The standard InChI is InChI=1S/C46H48N4O14/c1-58-29-8-7-26-35-31(17-23-5-3-2-4-6-23)60-32-18-30-25(27(21-50-20-24-10-13-48-28(24)22-50)36(32)39(35)63-37(26)38(29)59-16-15-51)9-11-45(57)40(55)41(56)46(64-44(45)61-30)12-14-49-43(47)42(46)62-34(54)19-33(52)53/h2-8,10,12-14,18,22,31,35,39-44,49,51,55-57H,9,11,15-17,19-21,47H2,1H3,(H,52,53)/p+1/t31-,35-,39-,40+,41+,42+,43-,44-,45-,46+/m1/s1. The highest BCUT2D eigenvalue weighted by molar-refractivity contribution is 5.90. The summed E-state index contributed by atoms with van der Waals surface area (Å²) in [5.74, 6) is -0.954. The molecule has 7 aliphatic heterocycles. The van der Waals surface area contributed by atoms with Crippen molar-refractivity contribution in [1.29, 1.82) is 0 Å². The normalized spacial score (nSPS) is 32.4. The number of carboxylic acid groups (broad SMARTS) is 1. The molecule has 0 saturated carbocycles. The molecule has 18 nitrogen and oxygen atoms in total. The van der Waals surface area contributed by atoms with Gasteiger partial charge >= 0.3 is 11.9 Å². The number of esters is 1. The molecular formula is C46H49N4O14+. The van der Waals surface area contributed by atoms with Crippen molar-refractivity contribution < 1.29 is 73.2 Å². The summed E-state index contributed by atoms with van der Waals surface area (Å²) in [6.07, 6.45) is -1.48. The molecule has 1 fully saturated rings. The number of carbonyl (C=O) groups excluding carboxylic acids is 1. The predicted molar refractivity (Wildman–Crippen MR) is 223 cm³/mol. The molecule has 3 aromatic carbocycles. The lowest BCUT2D eigenvalue weighted by molar-refractivity contribution is -0.851. The van der Waals surface area contributed by atoms with Gasteiger partial charge < -0.3 is 69.7 Å². The smallest absolute Gasteiger partial charge is 0.317 e. The number of hydrogen-bond donors (Lipinski definition) is 8. The van der Waals surface area contributed by atoms with Gasteiger partial charge in [0.2, 0.25) is 12.0 Å². The van der Waals surface area contributed by atoms with Crippen molar-refractivity contribution in [1.82, 2.24) is 5.32 Å². The molecule has 9 N–H and O–H groups in total. The summed E-state index contributed by atoms with van der Waals surface area (Å²) >= 11 is 0. The van der Waals surface area contributed by atoms with Crippen molar-refractivity contribution in [2.45, 2.75) is 92.3 Å². The summed E-state index contributed by atoms with van der Waals surface area (Å²) in [5.41, 5.74) is 8.10. The first-order valence-electron chi connectivity index (χ1n) is 21.3. The van der Waals surface area contributed by atoms with Gasteiger partial charge in [-0.2, -0.15) is 0 Å². The lowest BCUT2D eigenvalue weighted by Gasteiger charge is -2.55. The van der Waals surface area contributed by atoms with Crippen LogP contribution in [0.5, 0.6) is 28.7 Å². The Balaban J connectivity index is 1.11. The average molecular weight is 882 g/mol. The maximum absolute atomic E-state index is 12.8. The Morgan fingerprint density at radius 2 is 1.91 bits per heavy atom. The molecule has 18 heteroatoms. The van der Waals surface area contributed by atoms with Crippen molar-refractivity contribution in [3.05, 3.63) is 112 Å². The zero-order valence-electron chi connectivity index (χ0n) is 34.7. The number of nitrogens with zero attached hydrogens (tertiary/aromatic N) is 1. The number of benzene rings is 3. The molecule has 0 amide bonds. The van der Waals surface area contributed by atoms with E-state index in [0.29, 0.717) is 48.1 Å². The van der Waals surface area contributed by atoms with E-state index < -0.39 is 72.5 Å². The Morgan fingerprint density at radius 1 is 1.08 bits per heavy atom. The van der Waals surface area contributed by atoms with E-state index in [0.717, 1.165) is 38.4 Å². The van der Waals surface area contributed by atoms with Gasteiger partial charge in [0.15, 0.2) is 28.8 Å². The molecule has 1 saturated heterocycles. The van der Waals surface area contributed by atoms with Crippen molar-refractivity contribution in [3.63, 3.8) is 0 Å². The molecule has 7 aliphatic rings. The van der Waals surface area contributed by atoms with Crippen LogP contribution in [0.4, 0.5) is 0 Å². The lowest BCUT2D eigenvalue weighted by atomic mass is 9.73. The van der Waals surface area contributed by atoms with Crippen LogP contribution >= 0.6 is 0 Å². The van der Waals surface area contributed by atoms with Gasteiger partial charge in [-0.25, -0.2) is 0 Å². The van der Waals surface area contributed by atoms with E-state index in [2.05, 4.69) is 16.5 Å². The Kier molecular flexibility index (Phi) is 10.6. The maximum Gasteiger partial charge on any atom is 0.317 e. The summed E-state index contributed by atoms with van der Waals surface area (Å²) in [6.45, 7) is 0.823. The number of fused-ring (bicyclic) bond motifs is 8. The van der Waals surface area contributed by atoms with E-state index in [1.54, 1.807) is 12.3 Å². The molecule has 3 aromatic rings. The van der Waals surface area contributed by atoms with E-state index in [1.165, 1.54) is 19.4 Å². The molecule has 0 aliphatic carbocycles. The van der Waals surface area contributed by atoms with Crippen LogP contribution in [0.1, 0.15) is 52.7 Å². The van der Waals surface area contributed by atoms with Gasteiger partial charge in [-0.3, -0.25) is 19.5 Å². The van der Waals surface area contributed by atoms with Crippen molar-refractivity contribution >= 4 is 18.2 Å². The second kappa shape index (κ2) is 16.2. The third-order valence-corrected chi connectivity index (χ3v) is 13.3. The zero-order valence-corrected chi connectivity index (χ0v) is 34.7. The summed E-state index contributed by atoms with van der Waals surface area (Å²) in [4.78, 5) is 29.8. The second-order valence-electron chi connectivity index (χ2n) is 17.1. The summed E-state index contributed by atoms with van der Waals surface area (Å²) in [7, 11) is 1.54. The van der Waals surface area contributed by atoms with Crippen molar-refractivity contribution in [3.8, 4) is 28.7 Å². The number of rotatable bonds is 11. The number of hydrogen-bond acceptors (Lipinski definition) is 16. The predicted octanol–water partition coefficient (Wildman–Crippen LogP) is 0.199. The van der Waals surface area contributed by atoms with Gasteiger partial charge in [-0.1, -0.05) is 36.4 Å². The molecule has 336 valence electrons. The molecule has 1 spiro atoms. The number of methoxy groups -OCH3 is 1. The first-order chi connectivity index (χ1) is 30.9. The van der Waals surface area contributed by atoms with Gasteiger partial charge in [0, 0.05) is 46.5 Å². The minimum absolute atomic E-state index is 0.00515. The average Bonchev–Trinajstić information content (AvgIpc) is 3.97. The molecule has 11 atom stereocenters. The van der Waals surface area contributed by atoms with Crippen LogP contribution in [0.25, 0.3) is 0 Å². The number of aliphatic imine (C=N–C) groups is 1. The van der Waals surface area contributed by atoms with Gasteiger partial charge in [-0.05, 0) is 42.8 Å². The number of aliphatic hydroxyl groups excluding tert-OH is 3. The van der Waals surface area contributed by atoms with Crippen LogP contribution in [0.3, 0.4) is 0 Å². The van der Waals surface area contributed by atoms with Gasteiger partial charge in [0.1, 0.15) is 80.1 Å². The number of aliphatic hydroxyl groups is 4. The summed E-state index contributed by atoms with van der Waals surface area (Å²) in [5, 5.41) is 58.1. The SMILES string of the molecule is COc1ccc2c(c1OCCO)O[C@H]1c3c(cc4c(c3C[NH+]3C=C5N=CC=C5C3)CC[C@]3(O)[C@H](O4)O[C@@]4(C=CN[C@@H](N)[C@@H]4OC(=O)CC(=O)O)[C@@H](O)[C@@H]3O)O[C@H](Cc3ccccc3)[C@@H]21. The minimum Gasteiger partial charge on any atom is -0.493 e. The number of aliphatic carboxylic acids is 1. The van der Waals surface area contributed by atoms with Crippen LogP contribution in [-0.4, -0.2) is 119 Å². The highest BCUT2D eigenvalue weighted by atomic mass is 16.7. The van der Waals surface area contributed by atoms with Crippen LogP contribution in [0.2, 0.25) is 0 Å². The fourth-order valence-electron chi connectivity index (χ4n) is 10.3. The Labute approximate surface area is 366 Å². The van der Waals surface area contributed by atoms with Gasteiger partial charge in [-0.15, -0.1) is 0 Å². The highest BCUT2D eigenvalue weighted by Gasteiger charge is 2.67. The molecule has 0 bridgehead atoms. The van der Waals surface area contributed by atoms with E-state index >= 15 is 0 Å². The summed E-state index contributed by atoms with van der Waals surface area (Å²) in [6, 6.07) is 15.5. The monoisotopic (exact) mass is 881 g/mol. The largest absolute Gasteiger partial charge is 0.493 e. The first kappa shape index (κ1) is 42.0. The maximum atomic E-state index is 12.8. The highest BCUT2D eigenvalue weighted by Crippen LogP contribution is 2.60. The number of ether oxygens (including phenoxy) is 7. The minimum atomic E-state index is -2.23. The lowest BCUT2D eigenvalue weighted by Crippen LogP contribution is -3.05. The van der Waals surface area contributed by atoms with E-state index in [1.807, 2.05) is 48.5 Å². The third-order valence-electron chi connectivity index (χ3n) is 13.3. The zero-order chi connectivity index (χ0) is 44.5. The third kappa shape index (κ3) is 6.88. The van der Waals surface area contributed by atoms with Crippen LogP contribution < -0.4 is 39.6 Å². The number of quaternary nitrogens is 1. The molecule has 7 heterocycles. The van der Waals surface area contributed by atoms with E-state index in [4.69, 9.17) is 38.9 Å². The van der Waals surface area contributed by atoms with Crippen LogP contribution in [-0.2, 0) is 38.4 Å². The Morgan fingerprint density at radius 3 is 2.67 bits per heavy atom. The molecular weight excluding hydrogens is 833 g/mol. The molecule has 1 unspecified atom stereocenters. The van der Waals surface area contributed by atoms with Crippen molar-refractivity contribution in [2.75, 3.05) is 26.9 Å². The fourth-order valence-corrected chi connectivity index (χ4v) is 10.3. The van der Waals surface area contributed by atoms with E-state index in [9.17, 15) is 35.1 Å². The number of nitrogens with one attached hydrogen (secondary N) is 2. The Bertz CT molecular complexity index is 2490. The van der Waals surface area contributed by atoms with Gasteiger partial charge in [0.25, 0.3) is 0 Å². The van der Waals surface area contributed by atoms with Gasteiger partial charge in [0.05, 0.1) is 19.6 Å². The van der Waals surface area contributed by atoms with Crippen LogP contribution in [0, 0.1) is 0 Å². The molecule has 64 heavy (non-hydrogen) atoms.